The highest BCUT2D eigenvalue weighted by Crippen LogP contribution is 2.52. The van der Waals surface area contributed by atoms with Crippen LogP contribution < -0.4 is 15.5 Å². The summed E-state index contributed by atoms with van der Waals surface area (Å²) < 4.78 is 15.2. The molecule has 0 radical (unpaired) electrons. The lowest BCUT2D eigenvalue weighted by Crippen LogP contribution is -2.34. The number of ether oxygens (including phenoxy) is 3. The number of esters is 3. The summed E-state index contributed by atoms with van der Waals surface area (Å²) in [5, 5.41) is 9.12. The van der Waals surface area contributed by atoms with Crippen molar-refractivity contribution in [1.29, 1.82) is 0 Å². The maximum Gasteiger partial charge on any atom is 0.339 e. The van der Waals surface area contributed by atoms with E-state index in [0.717, 1.165) is 42.5 Å². The maximum atomic E-state index is 11.7. The molecule has 4 aliphatic rings. The quantitative estimate of drug-likeness (QED) is 0.0864. The number of pyridine rings is 4. The zero-order valence-electron chi connectivity index (χ0n) is 69.3. The predicted molar refractivity (Wildman–Crippen MR) is 444 cm³/mol. The number of nitrogens with zero attached hydrogens (tertiary/aromatic N) is 6. The van der Waals surface area contributed by atoms with Crippen LogP contribution in [0.4, 0.5) is 28.8 Å². The van der Waals surface area contributed by atoms with E-state index in [2.05, 4.69) is 251 Å². The number of nitrogens with two attached hydrogens (primary N) is 1. The van der Waals surface area contributed by atoms with Crippen LogP contribution in [0.2, 0.25) is 0 Å². The minimum atomic E-state index is -0.953. The third-order valence-electron chi connectivity index (χ3n) is 23.5. The fourth-order valence-corrected chi connectivity index (χ4v) is 16.0. The average molecular weight is 1530 g/mol. The van der Waals surface area contributed by atoms with Gasteiger partial charge in [-0.1, -0.05) is 157 Å². The summed E-state index contributed by atoms with van der Waals surface area (Å²) >= 11 is 3.66. The van der Waals surface area contributed by atoms with Crippen LogP contribution in [-0.4, -0.2) is 83.3 Å². The summed E-state index contributed by atoms with van der Waals surface area (Å²) in [7, 11) is 4.09. The second-order valence-corrected chi connectivity index (χ2v) is 36.0. The van der Waals surface area contributed by atoms with Gasteiger partial charge in [0.05, 0.1) is 43.6 Å². The van der Waals surface area contributed by atoms with Gasteiger partial charge in [0.15, 0.2) is 0 Å². The number of halogens is 1. The molecule has 0 unspecified atom stereocenters. The van der Waals surface area contributed by atoms with E-state index in [4.69, 9.17) is 20.3 Å². The molecule has 4 heterocycles. The third-order valence-corrected chi connectivity index (χ3v) is 24.4. The standard InChI is InChI=1S/C24H32N2O2.C23H30N2O2.C23H29NO2.C15H21Br.C7H8N2O2/c1-8-26(21-10-9-17(15-25-21)22(27)28-7)20-14-19-18(13-16(20)2)23(3,4)11-12-24(19,5)6;1-7-25(20-9-8-16(14-24-20)21(26)27)19-13-18-17(12-15(19)2)22(3,4)10-11-23(18,5)6;1-15-11-19-20(23(4,5)10-9-22(19,2)3)13-17(15)12-18-8-7-16(14-24-18)21(25)26-6;1-10-8-11-12(9-13(10)16)15(4,5)7-6-14(11,2)3;1-11-7(10)5-2-3-6(8)9-4-5/h9-10,13-15H,8,11-12H2,1-7H3;8-9,12-14H,7,10-11H2,1-6H3,(H,26,27);7-8,11,13-14H,9-10,12H2,1-6H3;8-9H,6-7H2,1-5H3;2-4H,1H3,(H2,8,9). The Balaban J connectivity index is 0.000000175. The van der Waals surface area contributed by atoms with Crippen LogP contribution >= 0.6 is 15.9 Å². The lowest BCUT2D eigenvalue weighted by atomic mass is 9.62. The minimum absolute atomic E-state index is 0.146. The van der Waals surface area contributed by atoms with Crippen LogP contribution in [0, 0.1) is 27.7 Å². The predicted octanol–water partition coefficient (Wildman–Crippen LogP) is 22.0. The Bertz CT molecular complexity index is 4530. The van der Waals surface area contributed by atoms with Crippen LogP contribution in [0.5, 0.6) is 0 Å². The van der Waals surface area contributed by atoms with Crippen molar-refractivity contribution in [2.75, 3.05) is 50.0 Å². The summed E-state index contributed by atoms with van der Waals surface area (Å²) in [6, 6.07) is 32.8. The van der Waals surface area contributed by atoms with Crippen LogP contribution in [0.25, 0.3) is 0 Å². The monoisotopic (exact) mass is 1530 g/mol. The van der Waals surface area contributed by atoms with E-state index < -0.39 is 11.9 Å². The molecule has 0 amide bonds. The molecule has 578 valence electrons. The van der Waals surface area contributed by atoms with Gasteiger partial charge in [0.1, 0.15) is 17.5 Å². The number of aromatic carboxylic acids is 1. The molecule has 4 aromatic heterocycles. The summed E-state index contributed by atoms with van der Waals surface area (Å²) in [6.07, 6.45) is 16.5. The Hall–Kier alpha value is -8.76. The van der Waals surface area contributed by atoms with Crippen molar-refractivity contribution in [2.24, 2.45) is 0 Å². The van der Waals surface area contributed by atoms with Crippen LogP contribution in [-0.2, 0) is 64.0 Å². The SMILES string of the molecule is CCN(c1ccc(C(=O)O)cn1)c1cc2c(cc1C)C(C)(C)CCC2(C)C.CCN(c1ccc(C(=O)OC)cn1)c1cc2c(cc1C)C(C)(C)CCC2(C)C.COC(=O)c1ccc(Cc2cc3c(cc2C)C(C)(C)CCC3(C)C)nc1.COC(=O)c1ccc(N)nc1.Cc1cc2c(cc1Br)C(C)(C)CCC2(C)C. The number of nitrogen functional groups attached to an aromatic ring is 1. The number of aromatic nitrogens is 4. The van der Waals surface area contributed by atoms with E-state index in [1.54, 1.807) is 54.4 Å². The molecular formula is C92H120BrN7O8. The number of aryl methyl sites for hydroxylation is 4. The zero-order chi connectivity index (χ0) is 80.2. The number of rotatable bonds is 12. The van der Waals surface area contributed by atoms with Gasteiger partial charge in [0.2, 0.25) is 0 Å². The van der Waals surface area contributed by atoms with Crippen LogP contribution in [0.3, 0.4) is 0 Å². The number of carboxylic acid groups (broad SMARTS) is 1. The van der Waals surface area contributed by atoms with E-state index in [0.29, 0.717) is 33.3 Å². The molecule has 0 bridgehead atoms. The molecule has 0 saturated heterocycles. The Morgan fingerprint density at radius 1 is 0.398 bits per heavy atom. The van der Waals surface area contributed by atoms with E-state index in [1.165, 1.54) is 162 Å². The molecule has 12 rings (SSSR count). The average Bonchev–Trinajstić information content (AvgIpc) is 0.761. The highest BCUT2D eigenvalue weighted by atomic mass is 79.9. The summed E-state index contributed by atoms with van der Waals surface area (Å²) in [4.78, 5) is 66.7. The molecule has 108 heavy (non-hydrogen) atoms. The van der Waals surface area contributed by atoms with Gasteiger partial charge in [-0.05, 0) is 275 Å². The largest absolute Gasteiger partial charge is 0.478 e. The highest BCUT2D eigenvalue weighted by molar-refractivity contribution is 9.10. The van der Waals surface area contributed by atoms with Gasteiger partial charge in [0.25, 0.3) is 0 Å². The van der Waals surface area contributed by atoms with E-state index in [1.807, 2.05) is 12.1 Å². The van der Waals surface area contributed by atoms with Gasteiger partial charge in [0, 0.05) is 65.8 Å². The summed E-state index contributed by atoms with van der Waals surface area (Å²) in [5.74, 6) is -0.0697. The van der Waals surface area contributed by atoms with Crippen LogP contribution in [0.15, 0.2) is 126 Å². The summed E-state index contributed by atoms with van der Waals surface area (Å²) in [6.45, 7) is 52.1. The molecule has 0 fully saturated rings. The molecular weight excluding hydrogens is 1410 g/mol. The number of fused-ring (bicyclic) bond motifs is 4. The molecule has 0 spiro atoms. The number of hydrogen-bond donors (Lipinski definition) is 2. The number of hydrogen-bond acceptors (Lipinski definition) is 14. The first-order valence-corrected chi connectivity index (χ1v) is 39.0. The van der Waals surface area contributed by atoms with E-state index in [-0.39, 0.29) is 50.0 Å². The number of carbonyl (C=O) groups is 4. The first kappa shape index (κ1) is 84.9. The summed E-state index contributed by atoms with van der Waals surface area (Å²) in [5.41, 5.74) is 30.2. The zero-order valence-corrected chi connectivity index (χ0v) is 70.9. The number of methoxy groups -OCH3 is 3. The number of benzene rings is 4. The molecule has 0 aliphatic heterocycles. The van der Waals surface area contributed by atoms with Gasteiger partial charge in [-0.15, -0.1) is 0 Å². The van der Waals surface area contributed by atoms with Crippen molar-refractivity contribution >= 4 is 68.6 Å². The third kappa shape index (κ3) is 19.1. The molecule has 15 nitrogen and oxygen atoms in total. The van der Waals surface area contributed by atoms with Crippen molar-refractivity contribution < 1.29 is 38.5 Å². The molecule has 4 aliphatic carbocycles. The highest BCUT2D eigenvalue weighted by Gasteiger charge is 2.42. The minimum Gasteiger partial charge on any atom is -0.478 e. The van der Waals surface area contributed by atoms with Crippen molar-refractivity contribution in [3.8, 4) is 0 Å². The van der Waals surface area contributed by atoms with Crippen LogP contribution in [0.1, 0.15) is 295 Å². The molecule has 0 atom stereocenters. The van der Waals surface area contributed by atoms with Gasteiger partial charge >= 0.3 is 23.9 Å². The molecule has 16 heteroatoms. The number of carbonyl (C=O) groups excluding carboxylic acids is 3. The second kappa shape index (κ2) is 33.2. The first-order chi connectivity index (χ1) is 50.3. The Morgan fingerprint density at radius 3 is 1.00 bits per heavy atom. The topological polar surface area (TPSA) is 200 Å². The van der Waals surface area contributed by atoms with Gasteiger partial charge in [-0.2, -0.15) is 0 Å². The van der Waals surface area contributed by atoms with E-state index >= 15 is 0 Å². The van der Waals surface area contributed by atoms with Crippen molar-refractivity contribution in [3.05, 3.63) is 227 Å². The number of anilines is 5. The Morgan fingerprint density at radius 2 is 0.694 bits per heavy atom. The fourth-order valence-electron chi connectivity index (χ4n) is 15.6. The first-order valence-electron chi connectivity index (χ1n) is 38.2. The van der Waals surface area contributed by atoms with Gasteiger partial charge in [-0.25, -0.2) is 34.1 Å². The maximum absolute atomic E-state index is 11.7. The Kier molecular flexibility index (Phi) is 26.1. The molecule has 0 saturated carbocycles. The lowest BCUT2D eigenvalue weighted by Gasteiger charge is -2.43. The Labute approximate surface area is 653 Å². The fraction of sp³-hybridized carbons (Fsp3) is 0.478. The smallest absolute Gasteiger partial charge is 0.339 e. The molecule has 8 aromatic rings. The van der Waals surface area contributed by atoms with Gasteiger partial charge in [-0.3, -0.25) is 4.98 Å². The number of carboxylic acids is 1. The second-order valence-electron chi connectivity index (χ2n) is 35.2. The van der Waals surface area contributed by atoms with Crippen molar-refractivity contribution in [3.63, 3.8) is 0 Å². The molecule has 4 aromatic carbocycles. The van der Waals surface area contributed by atoms with Crippen molar-refractivity contribution in [1.82, 2.24) is 19.9 Å². The van der Waals surface area contributed by atoms with E-state index in [9.17, 15) is 19.2 Å². The normalized spacial score (nSPS) is 17.1. The lowest BCUT2D eigenvalue weighted by molar-refractivity contribution is 0.0591. The van der Waals surface area contributed by atoms with Crippen molar-refractivity contribution in [2.45, 2.75) is 253 Å². The van der Waals surface area contributed by atoms with Gasteiger partial charge < -0.3 is 34.9 Å². The molecule has 3 N–H and O–H groups in total.